The van der Waals surface area contributed by atoms with E-state index in [0.717, 1.165) is 41.3 Å². The molecule has 0 spiro atoms. The number of ether oxygens (including phenoxy) is 2. The molecule has 4 rings (SSSR count). The molecule has 1 fully saturated rings. The Bertz CT molecular complexity index is 1270. The minimum absolute atomic E-state index is 0.130. The maximum absolute atomic E-state index is 13.9. The van der Waals surface area contributed by atoms with Gasteiger partial charge in [0.05, 0.1) is 11.6 Å². The van der Waals surface area contributed by atoms with Crippen LogP contribution in [0.3, 0.4) is 0 Å². The van der Waals surface area contributed by atoms with Gasteiger partial charge in [-0.25, -0.2) is 0 Å². The molecule has 3 aromatic rings. The summed E-state index contributed by atoms with van der Waals surface area (Å²) in [6.45, 7) is 4.32. The standard InChI is InChI=1S/C33H39BrN2O4/c1-23(2)26-16-17-31(29(34)20-26)40-22-32(37)36(21-25-12-9-15-28(18-25)39-3)30(19-24-10-5-4-6-11-24)33(38)35-27-13-7-8-14-27/h4-6,9-12,15-18,20,23,27,30H,7-8,13-14,19,21-22H2,1-3H3,(H,35,38)/t30-/m1/s1. The zero-order valence-corrected chi connectivity index (χ0v) is 25.2. The Balaban J connectivity index is 1.62. The smallest absolute Gasteiger partial charge is 0.261 e. The predicted molar refractivity (Wildman–Crippen MR) is 162 cm³/mol. The Morgan fingerprint density at radius 2 is 1.70 bits per heavy atom. The van der Waals surface area contributed by atoms with Crippen molar-refractivity contribution in [1.82, 2.24) is 10.2 Å². The van der Waals surface area contributed by atoms with Crippen LogP contribution >= 0.6 is 15.9 Å². The van der Waals surface area contributed by atoms with Crippen molar-refractivity contribution < 1.29 is 19.1 Å². The fraction of sp³-hybridized carbons (Fsp3) is 0.394. The average molecular weight is 608 g/mol. The van der Waals surface area contributed by atoms with Crippen LogP contribution in [0.15, 0.2) is 77.3 Å². The number of nitrogens with zero attached hydrogens (tertiary/aromatic N) is 1. The molecule has 212 valence electrons. The zero-order valence-electron chi connectivity index (χ0n) is 23.6. The molecule has 1 saturated carbocycles. The molecule has 0 radical (unpaired) electrons. The Morgan fingerprint density at radius 1 is 0.975 bits per heavy atom. The first-order valence-electron chi connectivity index (χ1n) is 14.0. The Hall–Kier alpha value is -3.32. The topological polar surface area (TPSA) is 67.9 Å². The van der Waals surface area contributed by atoms with E-state index in [1.807, 2.05) is 72.8 Å². The number of halogens is 1. The Kier molecular flexibility index (Phi) is 10.6. The van der Waals surface area contributed by atoms with Crippen molar-refractivity contribution in [1.29, 1.82) is 0 Å². The van der Waals surface area contributed by atoms with Gasteiger partial charge in [-0.3, -0.25) is 9.59 Å². The van der Waals surface area contributed by atoms with Crippen LogP contribution in [0.1, 0.15) is 62.1 Å². The van der Waals surface area contributed by atoms with E-state index in [1.165, 1.54) is 5.56 Å². The van der Waals surface area contributed by atoms with Crippen molar-refractivity contribution >= 4 is 27.7 Å². The lowest BCUT2D eigenvalue weighted by molar-refractivity contribution is -0.143. The van der Waals surface area contributed by atoms with Crippen molar-refractivity contribution in [3.05, 3.63) is 94.0 Å². The van der Waals surface area contributed by atoms with Crippen LogP contribution in [0, 0.1) is 0 Å². The number of methoxy groups -OCH3 is 1. The van der Waals surface area contributed by atoms with E-state index < -0.39 is 6.04 Å². The van der Waals surface area contributed by atoms with E-state index >= 15 is 0 Å². The highest BCUT2D eigenvalue weighted by atomic mass is 79.9. The lowest BCUT2D eigenvalue weighted by atomic mass is 10.0. The van der Waals surface area contributed by atoms with E-state index in [9.17, 15) is 9.59 Å². The van der Waals surface area contributed by atoms with Gasteiger partial charge in [-0.05, 0) is 75.6 Å². The van der Waals surface area contributed by atoms with E-state index in [1.54, 1.807) is 12.0 Å². The summed E-state index contributed by atoms with van der Waals surface area (Å²) in [5.74, 6) is 1.28. The summed E-state index contributed by atoms with van der Waals surface area (Å²) in [5, 5.41) is 3.24. The van der Waals surface area contributed by atoms with Gasteiger partial charge >= 0.3 is 0 Å². The van der Waals surface area contributed by atoms with Crippen molar-refractivity contribution in [3.63, 3.8) is 0 Å². The number of benzene rings is 3. The second kappa shape index (κ2) is 14.4. The molecular weight excluding hydrogens is 568 g/mol. The molecule has 6 nitrogen and oxygen atoms in total. The van der Waals surface area contributed by atoms with Gasteiger partial charge in [0.1, 0.15) is 17.5 Å². The highest BCUT2D eigenvalue weighted by Gasteiger charge is 2.32. The minimum Gasteiger partial charge on any atom is -0.497 e. The summed E-state index contributed by atoms with van der Waals surface area (Å²) in [6.07, 6.45) is 4.56. The first kappa shape index (κ1) is 29.7. The summed E-state index contributed by atoms with van der Waals surface area (Å²) in [5.41, 5.74) is 3.05. The molecule has 2 amide bonds. The Labute approximate surface area is 246 Å². The fourth-order valence-electron chi connectivity index (χ4n) is 5.10. The molecular formula is C33H39BrN2O4. The minimum atomic E-state index is -0.697. The molecule has 0 saturated heterocycles. The van der Waals surface area contributed by atoms with Crippen molar-refractivity contribution in [2.45, 2.75) is 70.5 Å². The van der Waals surface area contributed by atoms with Gasteiger partial charge in [-0.15, -0.1) is 0 Å². The largest absolute Gasteiger partial charge is 0.497 e. The number of carbonyl (C=O) groups excluding carboxylic acids is 2. The third kappa shape index (κ3) is 8.10. The van der Waals surface area contributed by atoms with Crippen LogP contribution in [0.4, 0.5) is 0 Å². The molecule has 40 heavy (non-hydrogen) atoms. The highest BCUT2D eigenvalue weighted by molar-refractivity contribution is 9.10. The third-order valence-corrected chi connectivity index (χ3v) is 8.05. The molecule has 1 aliphatic rings. The number of hydrogen-bond donors (Lipinski definition) is 1. The number of amides is 2. The first-order chi connectivity index (χ1) is 19.3. The number of rotatable bonds is 12. The molecule has 7 heteroatoms. The lowest BCUT2D eigenvalue weighted by Gasteiger charge is -2.32. The molecule has 0 aliphatic heterocycles. The summed E-state index contributed by atoms with van der Waals surface area (Å²) in [6, 6.07) is 22.8. The van der Waals surface area contributed by atoms with Gasteiger partial charge in [-0.1, -0.05) is 75.2 Å². The number of nitrogens with one attached hydrogen (secondary N) is 1. The monoisotopic (exact) mass is 606 g/mol. The van der Waals surface area contributed by atoms with Crippen LogP contribution < -0.4 is 14.8 Å². The van der Waals surface area contributed by atoms with Gasteiger partial charge < -0.3 is 19.7 Å². The van der Waals surface area contributed by atoms with Crippen molar-refractivity contribution in [2.75, 3.05) is 13.7 Å². The first-order valence-corrected chi connectivity index (χ1v) is 14.8. The van der Waals surface area contributed by atoms with Crippen molar-refractivity contribution in [3.8, 4) is 11.5 Å². The van der Waals surface area contributed by atoms with E-state index in [2.05, 4.69) is 35.1 Å². The second-order valence-corrected chi connectivity index (χ2v) is 11.6. The lowest BCUT2D eigenvalue weighted by Crippen LogP contribution is -2.53. The Morgan fingerprint density at radius 3 is 2.38 bits per heavy atom. The summed E-state index contributed by atoms with van der Waals surface area (Å²) < 4.78 is 12.2. The van der Waals surface area contributed by atoms with Crippen LogP contribution in [-0.2, 0) is 22.6 Å². The van der Waals surface area contributed by atoms with E-state index in [-0.39, 0.29) is 31.0 Å². The molecule has 1 aliphatic carbocycles. The van der Waals surface area contributed by atoms with Crippen LogP contribution in [0.2, 0.25) is 0 Å². The normalized spacial score (nSPS) is 14.1. The molecule has 0 bridgehead atoms. The van der Waals surface area contributed by atoms with Gasteiger partial charge in [-0.2, -0.15) is 0 Å². The van der Waals surface area contributed by atoms with Crippen LogP contribution in [0.25, 0.3) is 0 Å². The maximum Gasteiger partial charge on any atom is 0.261 e. The van der Waals surface area contributed by atoms with Crippen LogP contribution in [-0.4, -0.2) is 42.5 Å². The molecule has 0 aromatic heterocycles. The SMILES string of the molecule is COc1cccc(CN(C(=O)COc2ccc(C(C)C)cc2Br)[C@H](Cc2ccccc2)C(=O)NC2CCCC2)c1. The number of carbonyl (C=O) groups is 2. The highest BCUT2D eigenvalue weighted by Crippen LogP contribution is 2.29. The van der Waals surface area contributed by atoms with Gasteiger partial charge in [0, 0.05) is 19.0 Å². The summed E-state index contributed by atoms with van der Waals surface area (Å²) in [4.78, 5) is 29.4. The predicted octanol–water partition coefficient (Wildman–Crippen LogP) is 6.66. The fourth-order valence-corrected chi connectivity index (χ4v) is 5.62. The maximum atomic E-state index is 13.9. The third-order valence-electron chi connectivity index (χ3n) is 7.43. The van der Waals surface area contributed by atoms with E-state index in [4.69, 9.17) is 9.47 Å². The second-order valence-electron chi connectivity index (χ2n) is 10.7. The number of hydrogen-bond acceptors (Lipinski definition) is 4. The summed E-state index contributed by atoms with van der Waals surface area (Å²) in [7, 11) is 1.62. The van der Waals surface area contributed by atoms with Crippen molar-refractivity contribution in [2.24, 2.45) is 0 Å². The van der Waals surface area contributed by atoms with Gasteiger partial charge in [0.2, 0.25) is 5.91 Å². The quantitative estimate of drug-likeness (QED) is 0.250. The zero-order chi connectivity index (χ0) is 28.5. The van der Waals surface area contributed by atoms with Gasteiger partial charge in [0.25, 0.3) is 5.91 Å². The molecule has 3 aromatic carbocycles. The molecule has 1 atom stereocenters. The average Bonchev–Trinajstić information content (AvgIpc) is 3.47. The van der Waals surface area contributed by atoms with Crippen LogP contribution in [0.5, 0.6) is 11.5 Å². The summed E-state index contributed by atoms with van der Waals surface area (Å²) >= 11 is 3.59. The molecule has 0 unspecified atom stereocenters. The molecule has 0 heterocycles. The van der Waals surface area contributed by atoms with Gasteiger partial charge in [0.15, 0.2) is 6.61 Å². The molecule has 1 N–H and O–H groups in total. The van der Waals surface area contributed by atoms with E-state index in [0.29, 0.717) is 23.8 Å².